The molecule has 0 fully saturated rings. The lowest BCUT2D eigenvalue weighted by atomic mass is 10.1. The predicted octanol–water partition coefficient (Wildman–Crippen LogP) is 3.50. The summed E-state index contributed by atoms with van der Waals surface area (Å²) >= 11 is 5.85. The number of carbonyl (C=O) groups is 1. The second kappa shape index (κ2) is 6.90. The number of methoxy groups -OCH3 is 1. The average Bonchev–Trinajstić information content (AvgIpc) is 2.52. The number of amides is 1. The lowest BCUT2D eigenvalue weighted by molar-refractivity contribution is 0.0955. The fourth-order valence-electron chi connectivity index (χ4n) is 1.73. The van der Waals surface area contributed by atoms with Crippen molar-refractivity contribution in [3.63, 3.8) is 0 Å². The van der Waals surface area contributed by atoms with E-state index >= 15 is 0 Å². The van der Waals surface area contributed by atoms with E-state index in [4.69, 9.17) is 16.3 Å². The Morgan fingerprint density at radius 1 is 1.14 bits per heavy atom. The summed E-state index contributed by atoms with van der Waals surface area (Å²) in [5, 5.41) is 4.60. The van der Waals surface area contributed by atoms with E-state index < -0.39 is 0 Å². The van der Waals surface area contributed by atoms with E-state index in [9.17, 15) is 4.79 Å². The largest absolute Gasteiger partial charge is 0.497 e. The van der Waals surface area contributed by atoms with Crippen LogP contribution >= 0.6 is 11.6 Å². The molecule has 0 unspecified atom stereocenters. The summed E-state index contributed by atoms with van der Waals surface area (Å²) in [4.78, 5) is 11.9. The lowest BCUT2D eigenvalue weighted by Gasteiger charge is -2.04. The molecule has 0 aromatic heterocycles. The Hall–Kier alpha value is -2.33. The van der Waals surface area contributed by atoms with E-state index in [1.165, 1.54) is 0 Å². The number of nitrogens with zero attached hydrogens (tertiary/aromatic N) is 1. The van der Waals surface area contributed by atoms with E-state index in [-0.39, 0.29) is 5.91 Å². The van der Waals surface area contributed by atoms with Crippen LogP contribution in [0, 0.1) is 0 Å². The van der Waals surface area contributed by atoms with Gasteiger partial charge in [0.25, 0.3) is 5.91 Å². The maximum atomic E-state index is 11.9. The van der Waals surface area contributed by atoms with Gasteiger partial charge in [-0.1, -0.05) is 17.7 Å². The maximum Gasteiger partial charge on any atom is 0.271 e. The van der Waals surface area contributed by atoms with Crippen LogP contribution in [0.1, 0.15) is 22.8 Å². The molecule has 1 amide bonds. The number of hydrazone groups is 1. The van der Waals surface area contributed by atoms with Gasteiger partial charge in [-0.2, -0.15) is 5.10 Å². The van der Waals surface area contributed by atoms with Crippen molar-refractivity contribution in [2.75, 3.05) is 7.11 Å². The van der Waals surface area contributed by atoms with Crippen LogP contribution in [0.25, 0.3) is 0 Å². The lowest BCUT2D eigenvalue weighted by Crippen LogP contribution is -2.19. The highest BCUT2D eigenvalue weighted by Crippen LogP contribution is 2.12. The van der Waals surface area contributed by atoms with Crippen LogP contribution in [-0.2, 0) is 0 Å². The van der Waals surface area contributed by atoms with Crippen molar-refractivity contribution in [1.82, 2.24) is 5.43 Å². The molecule has 0 bridgehead atoms. The minimum absolute atomic E-state index is 0.301. The van der Waals surface area contributed by atoms with Crippen LogP contribution in [0.4, 0.5) is 0 Å². The van der Waals surface area contributed by atoms with Crippen molar-refractivity contribution < 1.29 is 9.53 Å². The highest BCUT2D eigenvalue weighted by atomic mass is 35.5. The van der Waals surface area contributed by atoms with E-state index in [1.807, 2.05) is 31.2 Å². The Morgan fingerprint density at radius 3 is 2.48 bits per heavy atom. The third kappa shape index (κ3) is 4.07. The van der Waals surface area contributed by atoms with Gasteiger partial charge < -0.3 is 4.74 Å². The van der Waals surface area contributed by atoms with Crippen LogP contribution in [0.5, 0.6) is 5.75 Å². The van der Waals surface area contributed by atoms with Gasteiger partial charge in [0.1, 0.15) is 5.75 Å². The highest BCUT2D eigenvalue weighted by Gasteiger charge is 2.05. The molecule has 0 spiro atoms. The average molecular weight is 303 g/mol. The second-order valence-electron chi connectivity index (χ2n) is 4.38. The predicted molar refractivity (Wildman–Crippen MR) is 84.1 cm³/mol. The summed E-state index contributed by atoms with van der Waals surface area (Å²) in [6.45, 7) is 1.82. The topological polar surface area (TPSA) is 50.7 Å². The SMILES string of the molecule is COc1ccc(/C(C)=N\NC(=O)c2cccc(Cl)c2)cc1. The molecule has 0 atom stereocenters. The number of hydrogen-bond acceptors (Lipinski definition) is 3. The van der Waals surface area contributed by atoms with Crippen LogP contribution < -0.4 is 10.2 Å². The highest BCUT2D eigenvalue weighted by molar-refractivity contribution is 6.30. The van der Waals surface area contributed by atoms with Crippen molar-refractivity contribution >= 4 is 23.2 Å². The fourth-order valence-corrected chi connectivity index (χ4v) is 1.92. The first-order valence-electron chi connectivity index (χ1n) is 6.35. The van der Waals surface area contributed by atoms with Gasteiger partial charge in [0.05, 0.1) is 12.8 Å². The third-order valence-corrected chi connectivity index (χ3v) is 3.15. The zero-order valence-electron chi connectivity index (χ0n) is 11.8. The molecule has 0 heterocycles. The Labute approximate surface area is 128 Å². The Bertz CT molecular complexity index is 666. The minimum Gasteiger partial charge on any atom is -0.497 e. The molecule has 1 N–H and O–H groups in total. The van der Waals surface area contributed by atoms with Gasteiger partial charge >= 0.3 is 0 Å². The number of benzene rings is 2. The molecule has 0 aliphatic heterocycles. The summed E-state index contributed by atoms with van der Waals surface area (Å²) in [6.07, 6.45) is 0. The van der Waals surface area contributed by atoms with Gasteiger partial charge in [0, 0.05) is 10.6 Å². The van der Waals surface area contributed by atoms with E-state index in [1.54, 1.807) is 31.4 Å². The van der Waals surface area contributed by atoms with Crippen molar-refractivity contribution in [3.05, 3.63) is 64.7 Å². The molecular formula is C16H15ClN2O2. The van der Waals surface area contributed by atoms with Gasteiger partial charge in [-0.05, 0) is 55.0 Å². The van der Waals surface area contributed by atoms with Crippen LogP contribution in [0.15, 0.2) is 53.6 Å². The molecule has 0 aliphatic rings. The quantitative estimate of drug-likeness (QED) is 0.694. The summed E-state index contributed by atoms with van der Waals surface area (Å²) in [6, 6.07) is 14.1. The summed E-state index contributed by atoms with van der Waals surface area (Å²) in [7, 11) is 1.61. The number of carbonyl (C=O) groups excluding carboxylic acids is 1. The number of hydrogen-bond donors (Lipinski definition) is 1. The van der Waals surface area contributed by atoms with Crippen molar-refractivity contribution in [1.29, 1.82) is 0 Å². The zero-order valence-corrected chi connectivity index (χ0v) is 12.5. The molecule has 4 nitrogen and oxygen atoms in total. The van der Waals surface area contributed by atoms with Crippen molar-refractivity contribution in [2.24, 2.45) is 5.10 Å². The minimum atomic E-state index is -0.301. The second-order valence-corrected chi connectivity index (χ2v) is 4.81. The number of ether oxygens (including phenoxy) is 1. The smallest absolute Gasteiger partial charge is 0.271 e. The normalized spacial score (nSPS) is 11.1. The zero-order chi connectivity index (χ0) is 15.2. The van der Waals surface area contributed by atoms with E-state index in [2.05, 4.69) is 10.5 Å². The Kier molecular flexibility index (Phi) is 4.95. The molecule has 2 rings (SSSR count). The molecule has 108 valence electrons. The molecule has 2 aromatic rings. The first kappa shape index (κ1) is 15.1. The standard InChI is InChI=1S/C16H15ClN2O2/c1-11(12-6-8-15(21-2)9-7-12)18-19-16(20)13-4-3-5-14(17)10-13/h3-10H,1-2H3,(H,19,20)/b18-11-. The Morgan fingerprint density at radius 2 is 1.86 bits per heavy atom. The van der Waals surface area contributed by atoms with Crippen LogP contribution in [0.2, 0.25) is 5.02 Å². The van der Waals surface area contributed by atoms with E-state index in [0.29, 0.717) is 16.3 Å². The number of rotatable bonds is 4. The van der Waals surface area contributed by atoms with Gasteiger partial charge in [-0.15, -0.1) is 0 Å². The van der Waals surface area contributed by atoms with Gasteiger partial charge in [0.15, 0.2) is 0 Å². The first-order chi connectivity index (χ1) is 10.1. The maximum absolute atomic E-state index is 11.9. The number of halogens is 1. The fraction of sp³-hybridized carbons (Fsp3) is 0.125. The van der Waals surface area contributed by atoms with Crippen molar-refractivity contribution in [3.8, 4) is 5.75 Å². The number of nitrogens with one attached hydrogen (secondary N) is 1. The molecule has 0 saturated heterocycles. The van der Waals surface area contributed by atoms with Crippen LogP contribution in [-0.4, -0.2) is 18.7 Å². The third-order valence-electron chi connectivity index (χ3n) is 2.92. The van der Waals surface area contributed by atoms with Gasteiger partial charge in [0.2, 0.25) is 0 Å². The summed E-state index contributed by atoms with van der Waals surface area (Å²) in [5.41, 5.74) is 4.59. The molecule has 0 aliphatic carbocycles. The summed E-state index contributed by atoms with van der Waals surface area (Å²) in [5.74, 6) is 0.472. The molecule has 2 aromatic carbocycles. The molecule has 0 radical (unpaired) electrons. The summed E-state index contributed by atoms with van der Waals surface area (Å²) < 4.78 is 5.09. The van der Waals surface area contributed by atoms with Gasteiger partial charge in [-0.3, -0.25) is 4.79 Å². The monoisotopic (exact) mass is 302 g/mol. The van der Waals surface area contributed by atoms with E-state index in [0.717, 1.165) is 11.3 Å². The van der Waals surface area contributed by atoms with Crippen molar-refractivity contribution in [2.45, 2.75) is 6.92 Å². The molecule has 5 heteroatoms. The van der Waals surface area contributed by atoms with Gasteiger partial charge in [-0.25, -0.2) is 5.43 Å². The molecule has 0 saturated carbocycles. The molecule has 21 heavy (non-hydrogen) atoms. The first-order valence-corrected chi connectivity index (χ1v) is 6.72. The molecular weight excluding hydrogens is 288 g/mol. The Balaban J connectivity index is 2.07. The van der Waals surface area contributed by atoms with Crippen LogP contribution in [0.3, 0.4) is 0 Å².